The summed E-state index contributed by atoms with van der Waals surface area (Å²) in [5, 5.41) is 12.6. The number of nitrogens with one attached hydrogen (secondary N) is 1. The zero-order valence-corrected chi connectivity index (χ0v) is 21.9. The molecule has 0 radical (unpaired) electrons. The zero-order valence-electron chi connectivity index (χ0n) is 21.9. The fraction of sp³-hybridized carbons (Fsp3) is 0.267. The molecule has 1 N–H and O–H groups in total. The second-order valence-corrected chi connectivity index (χ2v) is 8.83. The first-order chi connectivity index (χ1) is 18.4. The normalized spacial score (nSPS) is 10.7. The third-order valence-corrected chi connectivity index (χ3v) is 6.43. The maximum absolute atomic E-state index is 13.6. The minimum absolute atomic E-state index is 0.102. The van der Waals surface area contributed by atoms with Crippen molar-refractivity contribution in [3.05, 3.63) is 89.2 Å². The van der Waals surface area contributed by atoms with Crippen molar-refractivity contribution in [3.8, 4) is 6.07 Å². The van der Waals surface area contributed by atoms with Crippen molar-refractivity contribution in [2.75, 3.05) is 23.4 Å². The number of nitrogens with zero attached hydrogens (tertiary/aromatic N) is 4. The average Bonchev–Trinajstić information content (AvgIpc) is 3.26. The number of benzene rings is 3. The van der Waals surface area contributed by atoms with Crippen LogP contribution in [-0.4, -0.2) is 34.6 Å². The van der Waals surface area contributed by atoms with Gasteiger partial charge in [0.1, 0.15) is 5.82 Å². The van der Waals surface area contributed by atoms with E-state index in [1.54, 1.807) is 30.0 Å². The quantitative estimate of drug-likeness (QED) is 0.294. The molecule has 1 amide bonds. The lowest BCUT2D eigenvalue weighted by Gasteiger charge is -2.22. The number of aryl methyl sites for hydroxylation is 2. The van der Waals surface area contributed by atoms with Crippen LogP contribution in [0, 0.1) is 11.3 Å². The number of esters is 1. The molecule has 0 aliphatic heterocycles. The summed E-state index contributed by atoms with van der Waals surface area (Å²) in [7, 11) is 1.95. The zero-order chi connectivity index (χ0) is 27.1. The first-order valence-electron chi connectivity index (χ1n) is 12.7. The molecule has 0 aliphatic rings. The van der Waals surface area contributed by atoms with Gasteiger partial charge in [0.2, 0.25) is 0 Å². The van der Waals surface area contributed by atoms with Gasteiger partial charge in [-0.3, -0.25) is 9.59 Å². The maximum atomic E-state index is 13.6. The van der Waals surface area contributed by atoms with Gasteiger partial charge in [0.25, 0.3) is 5.91 Å². The second kappa shape index (κ2) is 12.1. The molecule has 194 valence electrons. The van der Waals surface area contributed by atoms with Gasteiger partial charge in [-0.25, -0.2) is 4.98 Å². The van der Waals surface area contributed by atoms with Crippen LogP contribution >= 0.6 is 0 Å². The highest BCUT2D eigenvalue weighted by molar-refractivity contribution is 6.07. The van der Waals surface area contributed by atoms with Crippen LogP contribution in [0.1, 0.15) is 47.6 Å². The van der Waals surface area contributed by atoms with Gasteiger partial charge in [0.15, 0.2) is 0 Å². The molecule has 0 bridgehead atoms. The Morgan fingerprint density at radius 2 is 1.87 bits per heavy atom. The summed E-state index contributed by atoms with van der Waals surface area (Å²) in [6, 6.07) is 22.6. The minimum atomic E-state index is -0.341. The largest absolute Gasteiger partial charge is 0.466 e. The van der Waals surface area contributed by atoms with Crippen LogP contribution in [0.15, 0.2) is 66.7 Å². The monoisotopic (exact) mass is 509 g/mol. The highest BCUT2D eigenvalue weighted by Crippen LogP contribution is 2.23. The predicted molar refractivity (Wildman–Crippen MR) is 148 cm³/mol. The fourth-order valence-corrected chi connectivity index (χ4v) is 4.39. The van der Waals surface area contributed by atoms with E-state index in [1.165, 1.54) is 0 Å². The van der Waals surface area contributed by atoms with Gasteiger partial charge in [-0.2, -0.15) is 5.26 Å². The van der Waals surface area contributed by atoms with Gasteiger partial charge < -0.3 is 19.5 Å². The van der Waals surface area contributed by atoms with Crippen molar-refractivity contribution < 1.29 is 14.3 Å². The summed E-state index contributed by atoms with van der Waals surface area (Å²) in [6.45, 7) is 4.82. The SMILES string of the molecule is CCOC(=O)CCN(C(=O)c1ccc2c(c1)nc(CNc1ccc(C#N)cc1CC)n2C)c1ccccc1. The maximum Gasteiger partial charge on any atom is 0.307 e. The van der Waals surface area contributed by atoms with Crippen LogP contribution in [0.2, 0.25) is 0 Å². The molecular weight excluding hydrogens is 478 g/mol. The molecule has 0 aliphatic carbocycles. The lowest BCUT2D eigenvalue weighted by atomic mass is 10.1. The van der Waals surface area contributed by atoms with Crippen molar-refractivity contribution in [1.29, 1.82) is 5.26 Å². The van der Waals surface area contributed by atoms with Gasteiger partial charge in [-0.1, -0.05) is 25.1 Å². The average molecular weight is 510 g/mol. The number of carbonyl (C=O) groups excluding carboxylic acids is 2. The first kappa shape index (κ1) is 26.4. The molecule has 0 fully saturated rings. The molecule has 1 aromatic heterocycles. The summed E-state index contributed by atoms with van der Waals surface area (Å²) in [4.78, 5) is 32.0. The number of para-hydroxylation sites is 1. The Morgan fingerprint density at radius 3 is 2.58 bits per heavy atom. The molecule has 1 heterocycles. The highest BCUT2D eigenvalue weighted by Gasteiger charge is 2.20. The van der Waals surface area contributed by atoms with E-state index in [-0.39, 0.29) is 24.8 Å². The van der Waals surface area contributed by atoms with Crippen LogP contribution < -0.4 is 10.2 Å². The third kappa shape index (κ3) is 5.84. The number of anilines is 2. The number of rotatable bonds is 10. The molecule has 3 aromatic carbocycles. The van der Waals surface area contributed by atoms with Gasteiger partial charge in [0, 0.05) is 30.5 Å². The minimum Gasteiger partial charge on any atom is -0.466 e. The number of hydrogen-bond donors (Lipinski definition) is 1. The van der Waals surface area contributed by atoms with E-state index in [0.29, 0.717) is 35.5 Å². The fourth-order valence-electron chi connectivity index (χ4n) is 4.39. The molecule has 4 rings (SSSR count). The Kier molecular flexibility index (Phi) is 8.39. The van der Waals surface area contributed by atoms with E-state index >= 15 is 0 Å². The lowest BCUT2D eigenvalue weighted by molar-refractivity contribution is -0.142. The van der Waals surface area contributed by atoms with Gasteiger partial charge >= 0.3 is 5.97 Å². The van der Waals surface area contributed by atoms with Crippen LogP contribution in [0.25, 0.3) is 11.0 Å². The van der Waals surface area contributed by atoms with E-state index in [2.05, 4.69) is 18.3 Å². The summed E-state index contributed by atoms with van der Waals surface area (Å²) in [6.07, 6.45) is 0.908. The molecule has 38 heavy (non-hydrogen) atoms. The molecule has 0 saturated heterocycles. The molecular formula is C30H31N5O3. The standard InChI is InChI=1S/C30H31N5O3/c1-4-22-17-21(19-31)11-13-25(22)32-20-28-33-26-18-23(12-14-27(26)34(28)3)30(37)35(16-15-29(36)38-5-2)24-9-7-6-8-10-24/h6-14,17-18,32H,4-5,15-16,20H2,1-3H3. The Balaban J connectivity index is 1.57. The summed E-state index contributed by atoms with van der Waals surface area (Å²) >= 11 is 0. The lowest BCUT2D eigenvalue weighted by Crippen LogP contribution is -2.33. The number of hydrogen-bond acceptors (Lipinski definition) is 6. The third-order valence-electron chi connectivity index (χ3n) is 6.43. The number of fused-ring (bicyclic) bond motifs is 1. The van der Waals surface area contributed by atoms with Crippen LogP contribution in [-0.2, 0) is 29.5 Å². The van der Waals surface area contributed by atoms with E-state index < -0.39 is 0 Å². The second-order valence-electron chi connectivity index (χ2n) is 8.83. The number of ether oxygens (including phenoxy) is 1. The topological polar surface area (TPSA) is 100 Å². The Morgan fingerprint density at radius 1 is 1.08 bits per heavy atom. The molecule has 8 nitrogen and oxygen atoms in total. The van der Waals surface area contributed by atoms with Crippen molar-refractivity contribution >= 4 is 34.3 Å². The smallest absolute Gasteiger partial charge is 0.307 e. The molecule has 0 atom stereocenters. The van der Waals surface area contributed by atoms with Crippen molar-refractivity contribution in [2.45, 2.75) is 33.2 Å². The summed E-state index contributed by atoms with van der Waals surface area (Å²) in [5.74, 6) is 0.267. The predicted octanol–water partition coefficient (Wildman–Crippen LogP) is 5.22. The Bertz CT molecular complexity index is 1490. The Hall–Kier alpha value is -4.64. The Labute approximate surface area is 222 Å². The van der Waals surface area contributed by atoms with E-state index in [1.807, 2.05) is 60.1 Å². The number of nitriles is 1. The number of imidazole rings is 1. The molecule has 4 aromatic rings. The van der Waals surface area contributed by atoms with E-state index in [0.717, 1.165) is 29.0 Å². The number of aromatic nitrogens is 2. The molecule has 0 spiro atoms. The van der Waals surface area contributed by atoms with Crippen LogP contribution in [0.5, 0.6) is 0 Å². The van der Waals surface area contributed by atoms with Crippen LogP contribution in [0.3, 0.4) is 0 Å². The van der Waals surface area contributed by atoms with E-state index in [9.17, 15) is 14.9 Å². The molecule has 0 saturated carbocycles. The molecule has 0 unspecified atom stereocenters. The molecule has 8 heteroatoms. The van der Waals surface area contributed by atoms with Gasteiger partial charge in [-0.15, -0.1) is 0 Å². The van der Waals surface area contributed by atoms with E-state index in [4.69, 9.17) is 9.72 Å². The number of carbonyl (C=O) groups is 2. The van der Waals surface area contributed by atoms with Crippen molar-refractivity contribution in [1.82, 2.24) is 9.55 Å². The first-order valence-corrected chi connectivity index (χ1v) is 12.7. The number of amides is 1. The summed E-state index contributed by atoms with van der Waals surface area (Å²) in [5.41, 5.74) is 5.49. The summed E-state index contributed by atoms with van der Waals surface area (Å²) < 4.78 is 7.06. The van der Waals surface area contributed by atoms with Crippen LogP contribution in [0.4, 0.5) is 11.4 Å². The van der Waals surface area contributed by atoms with Gasteiger partial charge in [0.05, 0.1) is 42.2 Å². The van der Waals surface area contributed by atoms with Crippen molar-refractivity contribution in [3.63, 3.8) is 0 Å². The van der Waals surface area contributed by atoms with Crippen molar-refractivity contribution in [2.24, 2.45) is 7.05 Å². The highest BCUT2D eigenvalue weighted by atomic mass is 16.5. The van der Waals surface area contributed by atoms with Gasteiger partial charge in [-0.05, 0) is 67.4 Å².